The molecule has 0 aromatic heterocycles. The molecule has 0 amide bonds. The molecule has 0 saturated heterocycles. The summed E-state index contributed by atoms with van der Waals surface area (Å²) in [4.78, 5) is 38.2. The Bertz CT molecular complexity index is 1010. The van der Waals surface area contributed by atoms with Crippen LogP contribution in [0.4, 0.5) is 0 Å². The fraction of sp³-hybridized carbons (Fsp3) is 0.950. The third kappa shape index (κ3) is 50.3. The molecule has 0 aliphatic rings. The van der Waals surface area contributed by atoms with Crippen molar-refractivity contribution in [2.24, 2.45) is 11.8 Å². The van der Waals surface area contributed by atoms with Crippen LogP contribution in [-0.2, 0) is 28.6 Å². The van der Waals surface area contributed by atoms with Crippen molar-refractivity contribution in [3.8, 4) is 0 Å². The smallest absolute Gasteiger partial charge is 0.306 e. The number of carbonyl (C=O) groups is 3. The van der Waals surface area contributed by atoms with Gasteiger partial charge in [-0.25, -0.2) is 0 Å². The zero-order chi connectivity index (χ0) is 48.2. The van der Waals surface area contributed by atoms with Crippen LogP contribution in [-0.4, -0.2) is 37.2 Å². The third-order valence-corrected chi connectivity index (χ3v) is 14.4. The van der Waals surface area contributed by atoms with Crippen LogP contribution >= 0.6 is 0 Å². The van der Waals surface area contributed by atoms with Crippen LogP contribution in [0, 0.1) is 11.8 Å². The fourth-order valence-electron chi connectivity index (χ4n) is 9.16. The minimum absolute atomic E-state index is 0.0626. The Morgan fingerprint density at radius 2 is 0.530 bits per heavy atom. The standard InChI is InChI=1S/C60H116O6/c1-6-9-10-11-12-13-14-15-16-17-21-24-30-35-40-45-50-58(61)64-53-57(66-60(63)52-47-42-37-32-27-26-29-34-39-44-49-56(5)8-3)54-65-59(62)51-46-41-36-31-25-22-19-18-20-23-28-33-38-43-48-55(4)7-2/h55-57H,6-54H2,1-5H3/t55?,56?,57-/m1/s1. The van der Waals surface area contributed by atoms with E-state index in [4.69, 9.17) is 14.2 Å². The Morgan fingerprint density at radius 1 is 0.303 bits per heavy atom. The van der Waals surface area contributed by atoms with Crippen molar-refractivity contribution in [3.63, 3.8) is 0 Å². The van der Waals surface area contributed by atoms with Gasteiger partial charge in [0.2, 0.25) is 0 Å². The quantitative estimate of drug-likeness (QED) is 0.0343. The molecule has 0 aliphatic heterocycles. The second-order valence-corrected chi connectivity index (χ2v) is 21.1. The van der Waals surface area contributed by atoms with Gasteiger partial charge in [-0.15, -0.1) is 0 Å². The molecular formula is C60H116O6. The molecule has 0 N–H and O–H groups in total. The van der Waals surface area contributed by atoms with E-state index in [1.165, 1.54) is 225 Å². The predicted molar refractivity (Wildman–Crippen MR) is 284 cm³/mol. The Kier molecular flexibility index (Phi) is 51.5. The Hall–Kier alpha value is -1.59. The Morgan fingerprint density at radius 3 is 0.788 bits per heavy atom. The van der Waals surface area contributed by atoms with Crippen LogP contribution in [0.1, 0.15) is 336 Å². The summed E-state index contributed by atoms with van der Waals surface area (Å²) in [6.07, 6.45) is 56.5. The summed E-state index contributed by atoms with van der Waals surface area (Å²) in [5.74, 6) is 0.925. The number of carbonyl (C=O) groups excluding carboxylic acids is 3. The molecule has 0 radical (unpaired) electrons. The molecule has 0 fully saturated rings. The van der Waals surface area contributed by atoms with Crippen molar-refractivity contribution in [3.05, 3.63) is 0 Å². The second kappa shape index (κ2) is 52.8. The lowest BCUT2D eigenvalue weighted by molar-refractivity contribution is -0.167. The molecule has 6 nitrogen and oxygen atoms in total. The van der Waals surface area contributed by atoms with E-state index in [0.717, 1.165) is 69.6 Å². The summed E-state index contributed by atoms with van der Waals surface area (Å²) in [7, 11) is 0. The average Bonchev–Trinajstić information content (AvgIpc) is 3.32. The van der Waals surface area contributed by atoms with Gasteiger partial charge >= 0.3 is 17.9 Å². The number of esters is 3. The highest BCUT2D eigenvalue weighted by Gasteiger charge is 2.19. The maximum absolute atomic E-state index is 12.9. The summed E-state index contributed by atoms with van der Waals surface area (Å²) in [6, 6.07) is 0. The number of rotatable bonds is 54. The monoisotopic (exact) mass is 933 g/mol. The van der Waals surface area contributed by atoms with E-state index in [0.29, 0.717) is 19.3 Å². The highest BCUT2D eigenvalue weighted by atomic mass is 16.6. The van der Waals surface area contributed by atoms with Gasteiger partial charge in [-0.05, 0) is 31.1 Å². The van der Waals surface area contributed by atoms with Crippen LogP contribution in [0.25, 0.3) is 0 Å². The lowest BCUT2D eigenvalue weighted by Gasteiger charge is -2.18. The average molecular weight is 934 g/mol. The fourth-order valence-corrected chi connectivity index (χ4v) is 9.16. The van der Waals surface area contributed by atoms with Gasteiger partial charge in [-0.3, -0.25) is 14.4 Å². The topological polar surface area (TPSA) is 78.9 Å². The largest absolute Gasteiger partial charge is 0.462 e. The first-order valence-corrected chi connectivity index (χ1v) is 29.8. The lowest BCUT2D eigenvalue weighted by Crippen LogP contribution is -2.30. The van der Waals surface area contributed by atoms with Crippen LogP contribution < -0.4 is 0 Å². The van der Waals surface area contributed by atoms with Crippen molar-refractivity contribution in [1.82, 2.24) is 0 Å². The van der Waals surface area contributed by atoms with Crippen LogP contribution in [0.2, 0.25) is 0 Å². The maximum atomic E-state index is 12.9. The van der Waals surface area contributed by atoms with Crippen molar-refractivity contribution in [2.45, 2.75) is 343 Å². The molecule has 0 bridgehead atoms. The molecule has 0 rings (SSSR count). The molecule has 392 valence electrons. The molecule has 66 heavy (non-hydrogen) atoms. The SMILES string of the molecule is CCCCCCCCCCCCCCCCCCC(=O)OC[C@H](COC(=O)CCCCCCCCCCCCCCCCC(C)CC)OC(=O)CCCCCCCCCCCCC(C)CC. The van der Waals surface area contributed by atoms with Gasteiger partial charge in [-0.2, -0.15) is 0 Å². The van der Waals surface area contributed by atoms with Crippen molar-refractivity contribution in [2.75, 3.05) is 13.2 Å². The van der Waals surface area contributed by atoms with Crippen LogP contribution in [0.5, 0.6) is 0 Å². The third-order valence-electron chi connectivity index (χ3n) is 14.4. The molecule has 0 heterocycles. The summed E-state index contributed by atoms with van der Waals surface area (Å²) in [5.41, 5.74) is 0. The molecule has 0 aromatic carbocycles. The molecule has 0 aromatic rings. The molecular weight excluding hydrogens is 817 g/mol. The first kappa shape index (κ1) is 64.4. The molecule has 0 aliphatic carbocycles. The van der Waals surface area contributed by atoms with Crippen LogP contribution in [0.3, 0.4) is 0 Å². The zero-order valence-corrected chi connectivity index (χ0v) is 45.3. The summed E-state index contributed by atoms with van der Waals surface area (Å²) < 4.78 is 16.9. The van der Waals surface area contributed by atoms with Crippen molar-refractivity contribution < 1.29 is 28.6 Å². The summed E-state index contributed by atoms with van der Waals surface area (Å²) in [5, 5.41) is 0. The number of ether oxygens (including phenoxy) is 3. The molecule has 3 atom stereocenters. The van der Waals surface area contributed by atoms with Gasteiger partial charge in [0.1, 0.15) is 13.2 Å². The highest BCUT2D eigenvalue weighted by molar-refractivity contribution is 5.71. The second-order valence-electron chi connectivity index (χ2n) is 21.1. The Labute approximate surface area is 412 Å². The van der Waals surface area contributed by atoms with E-state index < -0.39 is 6.10 Å². The van der Waals surface area contributed by atoms with Crippen molar-refractivity contribution >= 4 is 17.9 Å². The predicted octanol–water partition coefficient (Wildman–Crippen LogP) is 19.7. The molecule has 6 heteroatoms. The number of hydrogen-bond acceptors (Lipinski definition) is 6. The highest BCUT2D eigenvalue weighted by Crippen LogP contribution is 2.19. The minimum Gasteiger partial charge on any atom is -0.462 e. The van der Waals surface area contributed by atoms with Gasteiger partial charge in [0.05, 0.1) is 0 Å². The zero-order valence-electron chi connectivity index (χ0n) is 45.3. The van der Waals surface area contributed by atoms with Crippen molar-refractivity contribution in [1.29, 1.82) is 0 Å². The van der Waals surface area contributed by atoms with E-state index in [9.17, 15) is 14.4 Å². The van der Waals surface area contributed by atoms with E-state index in [2.05, 4.69) is 34.6 Å². The first-order valence-electron chi connectivity index (χ1n) is 29.8. The molecule has 2 unspecified atom stereocenters. The van der Waals surface area contributed by atoms with Gasteiger partial charge in [0.25, 0.3) is 0 Å². The Balaban J connectivity index is 4.30. The summed E-state index contributed by atoms with van der Waals surface area (Å²) >= 11 is 0. The number of unbranched alkanes of at least 4 members (excludes halogenated alkanes) is 37. The maximum Gasteiger partial charge on any atom is 0.306 e. The minimum atomic E-state index is -0.763. The number of hydrogen-bond donors (Lipinski definition) is 0. The van der Waals surface area contributed by atoms with E-state index in [1.54, 1.807) is 0 Å². The van der Waals surface area contributed by atoms with Crippen LogP contribution in [0.15, 0.2) is 0 Å². The summed E-state index contributed by atoms with van der Waals surface area (Å²) in [6.45, 7) is 11.5. The van der Waals surface area contributed by atoms with Gasteiger partial charge in [0.15, 0.2) is 6.10 Å². The molecule has 0 saturated carbocycles. The van der Waals surface area contributed by atoms with Gasteiger partial charge in [-0.1, -0.05) is 298 Å². The van der Waals surface area contributed by atoms with E-state index >= 15 is 0 Å². The molecule has 0 spiro atoms. The van der Waals surface area contributed by atoms with Gasteiger partial charge in [0, 0.05) is 19.3 Å². The van der Waals surface area contributed by atoms with E-state index in [1.807, 2.05) is 0 Å². The van der Waals surface area contributed by atoms with E-state index in [-0.39, 0.29) is 31.1 Å². The van der Waals surface area contributed by atoms with Gasteiger partial charge < -0.3 is 14.2 Å². The first-order chi connectivity index (χ1) is 32.3. The normalized spacial score (nSPS) is 12.9. The lowest BCUT2D eigenvalue weighted by atomic mass is 9.99.